The number of rotatable bonds is 10. The van der Waals surface area contributed by atoms with E-state index in [0.717, 1.165) is 37.6 Å². The van der Waals surface area contributed by atoms with E-state index in [-0.39, 0.29) is 0 Å². The third-order valence-electron chi connectivity index (χ3n) is 2.72. The molecule has 2 nitrogen and oxygen atoms in total. The first-order valence-electron chi connectivity index (χ1n) is 6.14. The van der Waals surface area contributed by atoms with E-state index in [9.17, 15) is 0 Å². The van der Waals surface area contributed by atoms with Gasteiger partial charge in [0.25, 0.3) is 0 Å². The van der Waals surface area contributed by atoms with Crippen LogP contribution in [0, 0.1) is 5.92 Å². The second-order valence-corrected chi connectivity index (χ2v) is 4.75. The average Bonchev–Trinajstić information content (AvgIpc) is 2.24. The average molecular weight is 233 g/mol. The van der Waals surface area contributed by atoms with Crippen molar-refractivity contribution in [3.8, 4) is 0 Å². The van der Waals surface area contributed by atoms with Crippen LogP contribution >= 0.6 is 12.6 Å². The van der Waals surface area contributed by atoms with Crippen LogP contribution < -0.4 is 0 Å². The fraction of sp³-hybridized carbons (Fsp3) is 1.00. The number of nitrogens with zero attached hydrogens (tertiary/aromatic N) is 1. The van der Waals surface area contributed by atoms with Crippen LogP contribution in [0.3, 0.4) is 0 Å². The van der Waals surface area contributed by atoms with Crippen molar-refractivity contribution in [3.05, 3.63) is 0 Å². The molecule has 0 amide bonds. The van der Waals surface area contributed by atoms with Gasteiger partial charge >= 0.3 is 0 Å². The molecule has 0 saturated heterocycles. The molecule has 0 saturated carbocycles. The molecule has 1 unspecified atom stereocenters. The molecule has 0 rings (SSSR count). The lowest BCUT2D eigenvalue weighted by Gasteiger charge is -2.22. The van der Waals surface area contributed by atoms with Crippen LogP contribution in [0.25, 0.3) is 0 Å². The molecule has 0 spiro atoms. The fourth-order valence-corrected chi connectivity index (χ4v) is 2.15. The zero-order valence-electron chi connectivity index (χ0n) is 10.3. The van der Waals surface area contributed by atoms with E-state index >= 15 is 0 Å². The van der Waals surface area contributed by atoms with E-state index in [4.69, 9.17) is 5.11 Å². The Bertz CT molecular complexity index is 133. The van der Waals surface area contributed by atoms with Crippen molar-refractivity contribution in [2.24, 2.45) is 5.92 Å². The van der Waals surface area contributed by atoms with Crippen LogP contribution in [0.4, 0.5) is 0 Å². The van der Waals surface area contributed by atoms with Gasteiger partial charge in [0.2, 0.25) is 0 Å². The molecule has 0 bridgehead atoms. The second kappa shape index (κ2) is 10.8. The van der Waals surface area contributed by atoms with Gasteiger partial charge in [0, 0.05) is 13.2 Å². The molecule has 0 aromatic heterocycles. The summed E-state index contributed by atoms with van der Waals surface area (Å²) in [5, 5.41) is 8.66. The summed E-state index contributed by atoms with van der Waals surface area (Å²) in [6.07, 6.45) is 5.81. The summed E-state index contributed by atoms with van der Waals surface area (Å²) < 4.78 is 0. The molecule has 0 radical (unpaired) electrons. The van der Waals surface area contributed by atoms with Crippen molar-refractivity contribution in [2.45, 2.75) is 39.0 Å². The summed E-state index contributed by atoms with van der Waals surface area (Å²) in [6, 6.07) is 0. The maximum Gasteiger partial charge on any atom is 0.0431 e. The predicted molar refractivity (Wildman–Crippen MR) is 70.7 cm³/mol. The van der Waals surface area contributed by atoms with E-state index in [1.807, 2.05) is 0 Å². The Morgan fingerprint density at radius 1 is 1.27 bits per heavy atom. The van der Waals surface area contributed by atoms with Crippen LogP contribution in [-0.2, 0) is 0 Å². The SMILES string of the molecule is CCCC(CS)CN(C)CCCCCO. The number of aliphatic hydroxyl groups is 1. The van der Waals surface area contributed by atoms with Crippen molar-refractivity contribution in [2.75, 3.05) is 32.5 Å². The third kappa shape index (κ3) is 9.21. The Balaban J connectivity index is 3.47. The minimum atomic E-state index is 0.332. The van der Waals surface area contributed by atoms with Gasteiger partial charge in [-0.3, -0.25) is 0 Å². The molecule has 0 heterocycles. The normalized spacial score (nSPS) is 13.4. The van der Waals surface area contributed by atoms with E-state index in [0.29, 0.717) is 6.61 Å². The Labute approximate surface area is 100 Å². The van der Waals surface area contributed by atoms with Crippen LogP contribution in [0.2, 0.25) is 0 Å². The fourth-order valence-electron chi connectivity index (χ4n) is 1.85. The van der Waals surface area contributed by atoms with Crippen molar-refractivity contribution in [3.63, 3.8) is 0 Å². The number of aliphatic hydroxyl groups excluding tert-OH is 1. The van der Waals surface area contributed by atoms with E-state index in [1.165, 1.54) is 19.3 Å². The topological polar surface area (TPSA) is 23.5 Å². The molecule has 0 aromatic rings. The molecular weight excluding hydrogens is 206 g/mol. The predicted octanol–water partition coefficient (Wildman–Crippen LogP) is 2.43. The maximum atomic E-state index is 8.66. The summed E-state index contributed by atoms with van der Waals surface area (Å²) in [5.41, 5.74) is 0. The van der Waals surface area contributed by atoms with Crippen LogP contribution in [0.5, 0.6) is 0 Å². The van der Waals surface area contributed by atoms with Gasteiger partial charge in [-0.05, 0) is 50.9 Å². The number of thiol groups is 1. The largest absolute Gasteiger partial charge is 0.396 e. The molecule has 0 aliphatic carbocycles. The molecule has 3 heteroatoms. The van der Waals surface area contributed by atoms with E-state index < -0.39 is 0 Å². The summed E-state index contributed by atoms with van der Waals surface area (Å²) in [5.74, 6) is 1.73. The third-order valence-corrected chi connectivity index (χ3v) is 3.24. The summed E-state index contributed by atoms with van der Waals surface area (Å²) in [7, 11) is 2.19. The lowest BCUT2D eigenvalue weighted by Crippen LogP contribution is -2.27. The van der Waals surface area contributed by atoms with E-state index in [2.05, 4.69) is 31.5 Å². The lowest BCUT2D eigenvalue weighted by molar-refractivity contribution is 0.257. The highest BCUT2D eigenvalue weighted by atomic mass is 32.1. The van der Waals surface area contributed by atoms with Crippen molar-refractivity contribution in [1.82, 2.24) is 4.90 Å². The van der Waals surface area contributed by atoms with Gasteiger partial charge in [-0.2, -0.15) is 12.6 Å². The first-order chi connectivity index (χ1) is 7.24. The number of unbranched alkanes of at least 4 members (excludes halogenated alkanes) is 2. The molecule has 92 valence electrons. The minimum Gasteiger partial charge on any atom is -0.396 e. The Morgan fingerprint density at radius 2 is 2.00 bits per heavy atom. The van der Waals surface area contributed by atoms with Crippen molar-refractivity contribution >= 4 is 12.6 Å². The Morgan fingerprint density at radius 3 is 2.53 bits per heavy atom. The highest BCUT2D eigenvalue weighted by molar-refractivity contribution is 7.80. The van der Waals surface area contributed by atoms with Crippen LogP contribution in [0.15, 0.2) is 0 Å². The van der Waals surface area contributed by atoms with Gasteiger partial charge < -0.3 is 10.0 Å². The van der Waals surface area contributed by atoms with Gasteiger partial charge in [-0.1, -0.05) is 13.3 Å². The highest BCUT2D eigenvalue weighted by Crippen LogP contribution is 2.10. The maximum absolute atomic E-state index is 8.66. The molecule has 0 fully saturated rings. The zero-order valence-corrected chi connectivity index (χ0v) is 11.2. The molecule has 0 aromatic carbocycles. The molecule has 0 aliphatic rings. The Hall–Kier alpha value is 0.270. The lowest BCUT2D eigenvalue weighted by atomic mass is 10.1. The zero-order chi connectivity index (χ0) is 11.5. The number of hydrogen-bond acceptors (Lipinski definition) is 3. The number of hydrogen-bond donors (Lipinski definition) is 2. The monoisotopic (exact) mass is 233 g/mol. The van der Waals surface area contributed by atoms with Gasteiger partial charge in [-0.15, -0.1) is 0 Å². The highest BCUT2D eigenvalue weighted by Gasteiger charge is 2.08. The second-order valence-electron chi connectivity index (χ2n) is 4.38. The molecular formula is C12H27NOS. The smallest absolute Gasteiger partial charge is 0.0431 e. The van der Waals surface area contributed by atoms with Gasteiger partial charge in [0.05, 0.1) is 0 Å². The van der Waals surface area contributed by atoms with Crippen LogP contribution in [0.1, 0.15) is 39.0 Å². The standard InChI is InChI=1S/C12H27NOS/c1-3-7-12(11-15)10-13(2)8-5-4-6-9-14/h12,14-15H,3-11H2,1-2H3. The molecule has 15 heavy (non-hydrogen) atoms. The molecule has 1 N–H and O–H groups in total. The van der Waals surface area contributed by atoms with Gasteiger partial charge in [-0.25, -0.2) is 0 Å². The first kappa shape index (κ1) is 15.3. The summed E-state index contributed by atoms with van der Waals surface area (Å²) in [4.78, 5) is 2.40. The van der Waals surface area contributed by atoms with Crippen molar-refractivity contribution < 1.29 is 5.11 Å². The van der Waals surface area contributed by atoms with Gasteiger partial charge in [0.1, 0.15) is 0 Å². The minimum absolute atomic E-state index is 0.332. The van der Waals surface area contributed by atoms with Gasteiger partial charge in [0.15, 0.2) is 0 Å². The van der Waals surface area contributed by atoms with E-state index in [1.54, 1.807) is 0 Å². The van der Waals surface area contributed by atoms with Crippen LogP contribution in [-0.4, -0.2) is 42.5 Å². The quantitative estimate of drug-likeness (QED) is 0.447. The summed E-state index contributed by atoms with van der Waals surface area (Å²) in [6.45, 7) is 4.88. The molecule has 0 aliphatic heterocycles. The summed E-state index contributed by atoms with van der Waals surface area (Å²) >= 11 is 4.39. The first-order valence-corrected chi connectivity index (χ1v) is 6.78. The van der Waals surface area contributed by atoms with Crippen molar-refractivity contribution in [1.29, 1.82) is 0 Å². The Kier molecular flexibility index (Phi) is 11.0. The molecule has 1 atom stereocenters.